The Labute approximate surface area is 51.2 Å². The molecule has 0 unspecified atom stereocenters. The highest BCUT2D eigenvalue weighted by molar-refractivity contribution is 5.90. The predicted molar refractivity (Wildman–Crippen MR) is 30.9 cm³/mol. The van der Waals surface area contributed by atoms with Gasteiger partial charge in [0.1, 0.15) is 5.69 Å². The van der Waals surface area contributed by atoms with Gasteiger partial charge in [-0.25, -0.2) is 0 Å². The molecule has 1 amide bonds. The summed E-state index contributed by atoms with van der Waals surface area (Å²) in [6, 6.07) is 1.45. The van der Waals surface area contributed by atoms with Crippen LogP contribution < -0.4 is 11.6 Å². The summed E-state index contributed by atoms with van der Waals surface area (Å²) >= 11 is 0. The zero-order chi connectivity index (χ0) is 6.85. The molecule has 5 nitrogen and oxygen atoms in total. The van der Waals surface area contributed by atoms with Crippen LogP contribution in [0, 0.1) is 0 Å². The summed E-state index contributed by atoms with van der Waals surface area (Å²) in [5, 5.41) is 3.53. The molecule has 1 heterocycles. The number of nitrogens with two attached hydrogens (primary N) is 2. The number of rotatable bonds is 1. The van der Waals surface area contributed by atoms with E-state index in [0.29, 0.717) is 0 Å². The van der Waals surface area contributed by atoms with Crippen LogP contribution >= 0.6 is 0 Å². The molecule has 0 atom stereocenters. The van der Waals surface area contributed by atoms with Crippen molar-refractivity contribution in [2.24, 2.45) is 5.73 Å². The fourth-order valence-corrected chi connectivity index (χ4v) is 0.509. The van der Waals surface area contributed by atoms with Gasteiger partial charge in [-0.15, -0.1) is 0 Å². The lowest BCUT2D eigenvalue weighted by atomic mass is 10.4. The van der Waals surface area contributed by atoms with Crippen LogP contribution in [0.25, 0.3) is 0 Å². The Hall–Kier alpha value is -1.52. The van der Waals surface area contributed by atoms with Crippen LogP contribution in [0.3, 0.4) is 0 Å². The normalized spacial score (nSPS) is 9.33. The van der Waals surface area contributed by atoms with Crippen LogP contribution in [0.4, 0.5) is 0 Å². The van der Waals surface area contributed by atoms with Crippen LogP contribution in [-0.4, -0.2) is 15.8 Å². The lowest BCUT2D eigenvalue weighted by Crippen LogP contribution is -2.22. The van der Waals surface area contributed by atoms with E-state index in [1.54, 1.807) is 0 Å². The molecule has 0 spiro atoms. The molecular formula is C4H6N4O. The number of nitrogen functional groups attached to an aromatic ring is 1. The van der Waals surface area contributed by atoms with Crippen LogP contribution in [0.2, 0.25) is 0 Å². The third-order valence-electron chi connectivity index (χ3n) is 0.923. The third kappa shape index (κ3) is 0.835. The van der Waals surface area contributed by atoms with E-state index in [0.717, 1.165) is 4.79 Å². The van der Waals surface area contributed by atoms with Crippen molar-refractivity contribution in [1.82, 2.24) is 9.89 Å². The number of carbonyl (C=O) groups is 1. The minimum atomic E-state index is -0.574. The first-order valence-electron chi connectivity index (χ1n) is 2.30. The van der Waals surface area contributed by atoms with E-state index in [1.807, 2.05) is 0 Å². The Morgan fingerprint density at radius 2 is 2.44 bits per heavy atom. The van der Waals surface area contributed by atoms with E-state index in [-0.39, 0.29) is 5.69 Å². The van der Waals surface area contributed by atoms with E-state index in [4.69, 9.17) is 11.6 Å². The first-order valence-corrected chi connectivity index (χ1v) is 2.30. The highest BCUT2D eigenvalue weighted by Gasteiger charge is 2.03. The summed E-state index contributed by atoms with van der Waals surface area (Å²) in [5.41, 5.74) is 5.08. The molecule has 0 bridgehead atoms. The maximum Gasteiger partial charge on any atom is 0.269 e. The van der Waals surface area contributed by atoms with E-state index in [9.17, 15) is 4.79 Å². The van der Waals surface area contributed by atoms with E-state index in [2.05, 4.69) is 5.10 Å². The first-order chi connectivity index (χ1) is 4.22. The van der Waals surface area contributed by atoms with Gasteiger partial charge in [0.25, 0.3) is 5.91 Å². The fraction of sp³-hybridized carbons (Fsp3) is 0. The zero-order valence-corrected chi connectivity index (χ0v) is 4.61. The van der Waals surface area contributed by atoms with Crippen LogP contribution in [0.1, 0.15) is 10.5 Å². The summed E-state index contributed by atoms with van der Waals surface area (Å²) in [6.45, 7) is 0. The summed E-state index contributed by atoms with van der Waals surface area (Å²) in [4.78, 5) is 11.3. The number of nitrogens with zero attached hydrogens (tertiary/aromatic N) is 2. The molecule has 1 aromatic heterocycles. The number of hydrogen-bond acceptors (Lipinski definition) is 3. The van der Waals surface area contributed by atoms with Gasteiger partial charge in [-0.2, -0.15) is 9.89 Å². The Morgan fingerprint density at radius 1 is 1.78 bits per heavy atom. The highest BCUT2D eigenvalue weighted by Crippen LogP contribution is 1.89. The van der Waals surface area contributed by atoms with Crippen molar-refractivity contribution < 1.29 is 4.79 Å². The average Bonchev–Trinajstić information content (AvgIpc) is 2.13. The number of carbonyl (C=O) groups excluding carboxylic acids is 1. The van der Waals surface area contributed by atoms with Gasteiger partial charge in [-0.05, 0) is 6.07 Å². The molecule has 48 valence electrons. The van der Waals surface area contributed by atoms with Crippen LogP contribution in [-0.2, 0) is 0 Å². The van der Waals surface area contributed by atoms with Crippen molar-refractivity contribution in [2.45, 2.75) is 0 Å². The standard InChI is InChI=1S/C4H6N4O/c5-4(9)3-1-2-7-8(3)6/h1-2H,6H2,(H2,5,9). The molecule has 0 aliphatic carbocycles. The van der Waals surface area contributed by atoms with Gasteiger partial charge < -0.3 is 11.6 Å². The molecule has 4 N–H and O–H groups in total. The van der Waals surface area contributed by atoms with Gasteiger partial charge >= 0.3 is 0 Å². The summed E-state index contributed by atoms with van der Waals surface area (Å²) in [5.74, 6) is 4.57. The van der Waals surface area contributed by atoms with Gasteiger partial charge in [-0.1, -0.05) is 0 Å². The zero-order valence-electron chi connectivity index (χ0n) is 4.61. The fourth-order valence-electron chi connectivity index (χ4n) is 0.509. The van der Waals surface area contributed by atoms with Gasteiger partial charge in [0.2, 0.25) is 0 Å². The van der Waals surface area contributed by atoms with Crippen LogP contribution in [0.5, 0.6) is 0 Å². The van der Waals surface area contributed by atoms with Crippen molar-refractivity contribution in [1.29, 1.82) is 0 Å². The summed E-state index contributed by atoms with van der Waals surface area (Å²) in [6.07, 6.45) is 1.40. The minimum absolute atomic E-state index is 0.204. The predicted octanol–water partition coefficient (Wildman–Crippen LogP) is -1.30. The largest absolute Gasteiger partial charge is 0.364 e. The maximum absolute atomic E-state index is 10.4. The second-order valence-corrected chi connectivity index (χ2v) is 1.53. The van der Waals surface area contributed by atoms with E-state index < -0.39 is 5.91 Å². The number of primary amides is 1. The molecule has 0 radical (unpaired) electrons. The number of aromatic nitrogens is 2. The minimum Gasteiger partial charge on any atom is -0.364 e. The second-order valence-electron chi connectivity index (χ2n) is 1.53. The monoisotopic (exact) mass is 126 g/mol. The molecule has 0 fully saturated rings. The van der Waals surface area contributed by atoms with Gasteiger partial charge in [0.15, 0.2) is 0 Å². The van der Waals surface area contributed by atoms with Crippen molar-refractivity contribution in [2.75, 3.05) is 5.84 Å². The Kier molecular flexibility index (Phi) is 1.11. The molecule has 0 aromatic carbocycles. The van der Waals surface area contributed by atoms with Crippen LogP contribution in [0.15, 0.2) is 12.3 Å². The lowest BCUT2D eigenvalue weighted by molar-refractivity contribution is 0.0992. The Bertz CT molecular complexity index is 228. The lowest BCUT2D eigenvalue weighted by Gasteiger charge is -1.92. The molecule has 0 aliphatic heterocycles. The average molecular weight is 126 g/mol. The first kappa shape index (κ1) is 5.61. The molecule has 1 rings (SSSR count). The third-order valence-corrected chi connectivity index (χ3v) is 0.923. The maximum atomic E-state index is 10.4. The number of amides is 1. The highest BCUT2D eigenvalue weighted by atomic mass is 16.1. The molecule has 0 saturated carbocycles. The second kappa shape index (κ2) is 1.77. The quantitative estimate of drug-likeness (QED) is 0.458. The summed E-state index contributed by atoms with van der Waals surface area (Å²) in [7, 11) is 0. The molecule has 9 heavy (non-hydrogen) atoms. The van der Waals surface area contributed by atoms with Crippen molar-refractivity contribution in [3.8, 4) is 0 Å². The van der Waals surface area contributed by atoms with Crippen molar-refractivity contribution in [3.05, 3.63) is 18.0 Å². The van der Waals surface area contributed by atoms with Crippen molar-refractivity contribution in [3.63, 3.8) is 0 Å². The summed E-state index contributed by atoms with van der Waals surface area (Å²) < 4.78 is 0. The molecule has 0 aliphatic rings. The topological polar surface area (TPSA) is 86.9 Å². The Balaban J connectivity index is 3.08. The molecular weight excluding hydrogens is 120 g/mol. The Morgan fingerprint density at radius 3 is 2.67 bits per heavy atom. The smallest absolute Gasteiger partial charge is 0.269 e. The van der Waals surface area contributed by atoms with E-state index in [1.165, 1.54) is 12.3 Å². The molecule has 1 aromatic rings. The van der Waals surface area contributed by atoms with Gasteiger partial charge in [0.05, 0.1) is 6.20 Å². The molecule has 0 saturated heterocycles. The number of hydrogen-bond donors (Lipinski definition) is 2. The van der Waals surface area contributed by atoms with Gasteiger partial charge in [-0.3, -0.25) is 4.79 Å². The van der Waals surface area contributed by atoms with Crippen molar-refractivity contribution >= 4 is 5.91 Å². The van der Waals surface area contributed by atoms with Gasteiger partial charge in [0, 0.05) is 0 Å². The SMILES string of the molecule is NC(=O)c1ccnn1N. The van der Waals surface area contributed by atoms with E-state index >= 15 is 0 Å². The molecule has 5 heteroatoms.